The number of alkyl halides is 2. The van der Waals surface area contributed by atoms with Crippen molar-refractivity contribution in [3.8, 4) is 17.5 Å². The number of hydrogen-bond acceptors (Lipinski definition) is 10. The molecule has 0 bridgehead atoms. The maximum absolute atomic E-state index is 14.4. The maximum atomic E-state index is 14.4. The minimum atomic E-state index is -2.84. The number of carbonyl (C=O) groups is 2. The number of pyridine rings is 1. The van der Waals surface area contributed by atoms with E-state index < -0.39 is 48.2 Å². The molecule has 2 aliphatic heterocycles. The van der Waals surface area contributed by atoms with Crippen LogP contribution in [0.2, 0.25) is 5.15 Å². The second-order valence-corrected chi connectivity index (χ2v) is 15.9. The molecule has 7 rings (SSSR count). The van der Waals surface area contributed by atoms with Gasteiger partial charge in [0.2, 0.25) is 0 Å². The summed E-state index contributed by atoms with van der Waals surface area (Å²) in [4.78, 5) is 40.2. The minimum absolute atomic E-state index is 0.00967. The molecule has 1 saturated heterocycles. The number of amides is 2. The molecule has 1 aromatic carbocycles. The molecule has 1 spiro atoms. The van der Waals surface area contributed by atoms with Gasteiger partial charge in [-0.3, -0.25) is 9.78 Å². The Bertz CT molecular complexity index is 1870. The van der Waals surface area contributed by atoms with Crippen molar-refractivity contribution in [3.05, 3.63) is 58.3 Å². The van der Waals surface area contributed by atoms with Crippen LogP contribution in [0.5, 0.6) is 17.5 Å². The second-order valence-electron chi connectivity index (χ2n) is 15.6. The first kappa shape index (κ1) is 36.0. The highest BCUT2D eigenvalue weighted by molar-refractivity contribution is 6.31. The first-order valence-electron chi connectivity index (χ1n) is 17.4. The molecular weight excluding hydrogens is 703 g/mol. The number of aromatic nitrogens is 4. The zero-order valence-corrected chi connectivity index (χ0v) is 30.4. The van der Waals surface area contributed by atoms with Gasteiger partial charge in [0.25, 0.3) is 11.8 Å². The van der Waals surface area contributed by atoms with Gasteiger partial charge in [0.1, 0.15) is 29.0 Å². The van der Waals surface area contributed by atoms with Crippen LogP contribution in [0.4, 0.5) is 23.8 Å². The van der Waals surface area contributed by atoms with Crippen molar-refractivity contribution < 1.29 is 37.0 Å². The number of rotatable bonds is 8. The molecular formula is C36H41ClF3N7O5. The fourth-order valence-corrected chi connectivity index (χ4v) is 7.74. The highest BCUT2D eigenvalue weighted by Crippen LogP contribution is 2.52. The van der Waals surface area contributed by atoms with Crippen LogP contribution in [-0.4, -0.2) is 91.3 Å². The van der Waals surface area contributed by atoms with Gasteiger partial charge in [-0.1, -0.05) is 16.7 Å². The third-order valence-corrected chi connectivity index (χ3v) is 10.2. The van der Waals surface area contributed by atoms with Crippen LogP contribution < -0.4 is 14.4 Å². The smallest absolute Gasteiger partial charge is 0.410 e. The van der Waals surface area contributed by atoms with Gasteiger partial charge in [0.05, 0.1) is 17.8 Å². The summed E-state index contributed by atoms with van der Waals surface area (Å²) in [5.41, 5.74) is 1.11. The SMILES string of the molecule is CC(C)N(C(=O)c1cc(F)ccc1Oc1nnc(Cl)c(N2CC3(CC(Oc4ccnc5c4CCN(C(=O)OC(C)(C)C)C5)C3)C2)n1)C1CC(F)(F)C1. The van der Waals surface area contributed by atoms with E-state index in [2.05, 4.69) is 20.2 Å². The van der Waals surface area contributed by atoms with Crippen molar-refractivity contribution in [3.63, 3.8) is 0 Å². The Labute approximate surface area is 304 Å². The van der Waals surface area contributed by atoms with Gasteiger partial charge in [-0.15, -0.1) is 5.10 Å². The van der Waals surface area contributed by atoms with Gasteiger partial charge in [0, 0.05) is 61.7 Å². The molecule has 3 fully saturated rings. The number of hydrogen-bond donors (Lipinski definition) is 0. The molecule has 0 N–H and O–H groups in total. The molecule has 4 heterocycles. The first-order chi connectivity index (χ1) is 24.5. The summed E-state index contributed by atoms with van der Waals surface area (Å²) in [6.45, 7) is 11.2. The molecule has 2 aromatic heterocycles. The van der Waals surface area contributed by atoms with E-state index in [4.69, 9.17) is 25.8 Å². The molecule has 0 atom stereocenters. The lowest BCUT2D eigenvalue weighted by Crippen LogP contribution is -2.65. The van der Waals surface area contributed by atoms with Gasteiger partial charge in [-0.2, -0.15) is 4.98 Å². The predicted octanol–water partition coefficient (Wildman–Crippen LogP) is 6.84. The van der Waals surface area contributed by atoms with E-state index in [1.807, 2.05) is 31.7 Å². The summed E-state index contributed by atoms with van der Waals surface area (Å²) in [7, 11) is 0. The highest BCUT2D eigenvalue weighted by Gasteiger charge is 2.55. The Morgan fingerprint density at radius 1 is 1.06 bits per heavy atom. The van der Waals surface area contributed by atoms with Crippen LogP contribution in [0.3, 0.4) is 0 Å². The van der Waals surface area contributed by atoms with Gasteiger partial charge < -0.3 is 28.9 Å². The lowest BCUT2D eigenvalue weighted by molar-refractivity contribution is -0.120. The van der Waals surface area contributed by atoms with E-state index in [-0.39, 0.29) is 40.1 Å². The van der Waals surface area contributed by atoms with Crippen LogP contribution in [0.15, 0.2) is 30.5 Å². The Kier molecular flexibility index (Phi) is 9.15. The van der Waals surface area contributed by atoms with Crippen molar-refractivity contribution in [2.75, 3.05) is 24.5 Å². The van der Waals surface area contributed by atoms with Crippen molar-refractivity contribution >= 4 is 29.4 Å². The van der Waals surface area contributed by atoms with Crippen LogP contribution in [0.1, 0.15) is 81.9 Å². The number of benzene rings is 1. The van der Waals surface area contributed by atoms with Crippen LogP contribution in [0.25, 0.3) is 0 Å². The van der Waals surface area contributed by atoms with E-state index in [1.165, 1.54) is 11.0 Å². The molecule has 278 valence electrons. The molecule has 0 radical (unpaired) electrons. The standard InChI is InChI=1S/C36H41ClF3N7O5/c1-20(2)47(22-13-36(39,40)14-22)31(48)25-12-21(38)6-7-27(25)51-32-42-30(29(37)43-44-32)46-18-35(19-46)15-23(16-35)50-28-8-10-41-26-17-45(11-9-24(26)28)33(49)52-34(3,4)5/h6-8,10,12,20,22-23H,9,11,13-19H2,1-5H3. The van der Waals surface area contributed by atoms with Crippen molar-refractivity contribution in [1.29, 1.82) is 0 Å². The van der Waals surface area contributed by atoms with Gasteiger partial charge in [-0.05, 0) is 78.1 Å². The van der Waals surface area contributed by atoms with Gasteiger partial charge in [0.15, 0.2) is 11.0 Å². The van der Waals surface area contributed by atoms with Gasteiger partial charge >= 0.3 is 12.1 Å². The van der Waals surface area contributed by atoms with E-state index in [1.54, 1.807) is 24.9 Å². The lowest BCUT2D eigenvalue weighted by Gasteiger charge is -2.58. The number of fused-ring (bicyclic) bond motifs is 1. The average molecular weight is 744 g/mol. The summed E-state index contributed by atoms with van der Waals surface area (Å²) in [6, 6.07) is 4.01. The normalized spacial score (nSPS) is 19.3. The van der Waals surface area contributed by atoms with E-state index in [9.17, 15) is 22.8 Å². The topological polar surface area (TPSA) is 123 Å². The zero-order chi connectivity index (χ0) is 37.2. The Morgan fingerprint density at radius 3 is 2.46 bits per heavy atom. The summed E-state index contributed by atoms with van der Waals surface area (Å²) in [5.74, 6) is -3.04. The third kappa shape index (κ3) is 7.28. The number of ether oxygens (including phenoxy) is 3. The molecule has 4 aliphatic rings. The zero-order valence-electron chi connectivity index (χ0n) is 29.7. The summed E-state index contributed by atoms with van der Waals surface area (Å²) in [6.07, 6.45) is 2.72. The van der Waals surface area contributed by atoms with E-state index in [0.717, 1.165) is 42.0 Å². The summed E-state index contributed by atoms with van der Waals surface area (Å²) >= 11 is 6.42. The largest absolute Gasteiger partial charge is 0.490 e. The second kappa shape index (κ2) is 13.2. The number of carbonyl (C=O) groups excluding carboxylic acids is 2. The Morgan fingerprint density at radius 2 is 1.79 bits per heavy atom. The van der Waals surface area contributed by atoms with Crippen LogP contribution >= 0.6 is 11.6 Å². The molecule has 16 heteroatoms. The third-order valence-electron chi connectivity index (χ3n) is 9.93. The van der Waals surface area contributed by atoms with Gasteiger partial charge in [-0.25, -0.2) is 18.0 Å². The molecule has 2 aliphatic carbocycles. The van der Waals surface area contributed by atoms with Crippen LogP contribution in [-0.2, 0) is 17.7 Å². The fraction of sp³-hybridized carbons (Fsp3) is 0.556. The quantitative estimate of drug-likeness (QED) is 0.242. The monoisotopic (exact) mass is 743 g/mol. The van der Waals surface area contributed by atoms with E-state index >= 15 is 0 Å². The maximum Gasteiger partial charge on any atom is 0.410 e. The molecule has 2 saturated carbocycles. The molecule has 0 unspecified atom stereocenters. The number of anilines is 1. The van der Waals surface area contributed by atoms with Crippen molar-refractivity contribution in [2.45, 2.75) is 103 Å². The van der Waals surface area contributed by atoms with Crippen molar-refractivity contribution in [2.24, 2.45) is 5.41 Å². The lowest BCUT2D eigenvalue weighted by atomic mass is 9.61. The predicted molar refractivity (Wildman–Crippen MR) is 183 cm³/mol. The molecule has 12 nitrogen and oxygen atoms in total. The Hall–Kier alpha value is -4.40. The van der Waals surface area contributed by atoms with E-state index in [0.29, 0.717) is 38.4 Å². The first-order valence-corrected chi connectivity index (χ1v) is 17.8. The van der Waals surface area contributed by atoms with Crippen LogP contribution in [0, 0.1) is 11.2 Å². The summed E-state index contributed by atoms with van der Waals surface area (Å²) < 4.78 is 59.6. The number of halogens is 4. The average Bonchev–Trinajstić information content (AvgIpc) is 3.01. The molecule has 52 heavy (non-hydrogen) atoms. The molecule has 3 aromatic rings. The summed E-state index contributed by atoms with van der Waals surface area (Å²) in [5, 5.41) is 8.02. The molecule has 2 amide bonds. The minimum Gasteiger partial charge on any atom is -0.490 e. The van der Waals surface area contributed by atoms with Crippen molar-refractivity contribution in [1.82, 2.24) is 30.0 Å². The number of nitrogens with zero attached hydrogens (tertiary/aromatic N) is 7. The Balaban J connectivity index is 0.974. The highest BCUT2D eigenvalue weighted by atomic mass is 35.5. The fourth-order valence-electron chi connectivity index (χ4n) is 7.54.